The van der Waals surface area contributed by atoms with Crippen molar-refractivity contribution in [1.82, 2.24) is 5.32 Å². The largest absolute Gasteiger partial charge is 0.361 e. The Kier molecular flexibility index (Phi) is 3.69. The maximum Gasteiger partial charge on any atom is 0.309 e. The summed E-state index contributed by atoms with van der Waals surface area (Å²) in [6, 6.07) is 0. The van der Waals surface area contributed by atoms with Crippen LogP contribution in [0.5, 0.6) is 0 Å². The summed E-state index contributed by atoms with van der Waals surface area (Å²) in [6.45, 7) is 4.56. The van der Waals surface area contributed by atoms with Crippen LogP contribution in [0.25, 0.3) is 0 Å². The van der Waals surface area contributed by atoms with Crippen molar-refractivity contribution >= 4 is 11.8 Å². The average Bonchev–Trinajstić information content (AvgIpc) is 2.00. The molecule has 5 N–H and O–H groups in total. The monoisotopic (exact) mass is 173 g/mol. The molecule has 0 aromatic heterocycles. The molecule has 0 rings (SSSR count). The first-order valence-corrected chi connectivity index (χ1v) is 3.67. The molecule has 2 amide bonds. The van der Waals surface area contributed by atoms with E-state index in [2.05, 4.69) is 5.32 Å². The highest BCUT2D eigenvalue weighted by molar-refractivity contribution is 6.34. The van der Waals surface area contributed by atoms with Crippen molar-refractivity contribution in [3.05, 3.63) is 0 Å². The Labute approximate surface area is 71.5 Å². The minimum Gasteiger partial charge on any atom is -0.361 e. The van der Waals surface area contributed by atoms with Crippen molar-refractivity contribution in [2.45, 2.75) is 13.8 Å². The van der Waals surface area contributed by atoms with Crippen LogP contribution >= 0.6 is 0 Å². The fourth-order valence-electron chi connectivity index (χ4n) is 0.479. The Morgan fingerprint density at radius 1 is 1.42 bits per heavy atom. The van der Waals surface area contributed by atoms with Crippen LogP contribution in [0.3, 0.4) is 0 Å². The molecule has 0 aromatic carbocycles. The predicted molar refractivity (Wildman–Crippen MR) is 45.0 cm³/mol. The summed E-state index contributed by atoms with van der Waals surface area (Å²) in [5.74, 6) is -1.74. The lowest BCUT2D eigenvalue weighted by molar-refractivity contribution is -0.137. The molecule has 0 bridgehead atoms. The summed E-state index contributed by atoms with van der Waals surface area (Å²) in [6.07, 6.45) is 0. The minimum atomic E-state index is -0.970. The van der Waals surface area contributed by atoms with Crippen molar-refractivity contribution in [2.24, 2.45) is 16.9 Å². The molecule has 5 heteroatoms. The summed E-state index contributed by atoms with van der Waals surface area (Å²) in [5.41, 5.74) is 9.92. The third kappa shape index (κ3) is 3.92. The van der Waals surface area contributed by atoms with E-state index < -0.39 is 11.8 Å². The lowest BCUT2D eigenvalue weighted by Gasteiger charge is -2.21. The zero-order valence-electron chi connectivity index (χ0n) is 7.39. The fraction of sp³-hybridized carbons (Fsp3) is 0.714. The highest BCUT2D eigenvalue weighted by Crippen LogP contribution is 2.09. The van der Waals surface area contributed by atoms with E-state index in [9.17, 15) is 9.59 Å². The third-order valence-electron chi connectivity index (χ3n) is 1.50. The molecular weight excluding hydrogens is 158 g/mol. The molecule has 0 atom stereocenters. The smallest absolute Gasteiger partial charge is 0.309 e. The maximum absolute atomic E-state index is 10.7. The van der Waals surface area contributed by atoms with Gasteiger partial charge in [0.2, 0.25) is 0 Å². The number of carbonyl (C=O) groups is 2. The molecule has 5 nitrogen and oxygen atoms in total. The lowest BCUT2D eigenvalue weighted by Crippen LogP contribution is -2.43. The molecule has 0 radical (unpaired) electrons. The first-order valence-electron chi connectivity index (χ1n) is 3.67. The molecule has 0 aliphatic carbocycles. The van der Waals surface area contributed by atoms with Crippen LogP contribution in [-0.2, 0) is 9.59 Å². The number of rotatable bonds is 3. The average molecular weight is 173 g/mol. The predicted octanol–water partition coefficient (Wildman–Crippen LogP) is -1.43. The number of amides is 2. The van der Waals surface area contributed by atoms with Crippen molar-refractivity contribution in [1.29, 1.82) is 0 Å². The van der Waals surface area contributed by atoms with Crippen LogP contribution in [0.1, 0.15) is 13.8 Å². The van der Waals surface area contributed by atoms with Crippen LogP contribution in [0.4, 0.5) is 0 Å². The first kappa shape index (κ1) is 10.9. The molecular formula is C7H15N3O2. The number of hydrogen-bond donors (Lipinski definition) is 3. The summed E-state index contributed by atoms with van der Waals surface area (Å²) in [5, 5.41) is 2.38. The van der Waals surface area contributed by atoms with Gasteiger partial charge < -0.3 is 16.8 Å². The normalized spacial score (nSPS) is 10.9. The van der Waals surface area contributed by atoms with E-state index in [1.807, 2.05) is 13.8 Å². The third-order valence-corrected chi connectivity index (χ3v) is 1.50. The molecule has 0 unspecified atom stereocenters. The van der Waals surface area contributed by atoms with Gasteiger partial charge in [-0.05, 0) is 12.0 Å². The zero-order valence-corrected chi connectivity index (χ0v) is 7.39. The fourth-order valence-corrected chi connectivity index (χ4v) is 0.479. The molecule has 12 heavy (non-hydrogen) atoms. The van der Waals surface area contributed by atoms with E-state index in [1.54, 1.807) is 0 Å². The number of nitrogens with one attached hydrogen (secondary N) is 1. The number of nitrogens with two attached hydrogens (primary N) is 2. The molecule has 0 saturated heterocycles. The van der Waals surface area contributed by atoms with E-state index in [0.29, 0.717) is 13.1 Å². The zero-order chi connectivity index (χ0) is 9.78. The Morgan fingerprint density at radius 2 is 1.92 bits per heavy atom. The van der Waals surface area contributed by atoms with Crippen LogP contribution in [0.15, 0.2) is 0 Å². The summed E-state index contributed by atoms with van der Waals surface area (Å²) >= 11 is 0. The van der Waals surface area contributed by atoms with Crippen molar-refractivity contribution in [3.63, 3.8) is 0 Å². The Bertz CT molecular complexity index is 189. The summed E-state index contributed by atoms with van der Waals surface area (Å²) < 4.78 is 0. The van der Waals surface area contributed by atoms with E-state index in [-0.39, 0.29) is 5.41 Å². The molecule has 0 fully saturated rings. The first-order chi connectivity index (χ1) is 5.39. The van der Waals surface area contributed by atoms with Gasteiger partial charge in [0.25, 0.3) is 0 Å². The van der Waals surface area contributed by atoms with E-state index >= 15 is 0 Å². The van der Waals surface area contributed by atoms with Gasteiger partial charge in [-0.2, -0.15) is 0 Å². The van der Waals surface area contributed by atoms with Gasteiger partial charge in [-0.3, -0.25) is 9.59 Å². The second-order valence-corrected chi connectivity index (χ2v) is 3.42. The highest BCUT2D eigenvalue weighted by atomic mass is 16.2. The molecule has 70 valence electrons. The summed E-state index contributed by atoms with van der Waals surface area (Å²) in [7, 11) is 0. The molecule has 0 heterocycles. The maximum atomic E-state index is 10.7. The number of hydrogen-bond acceptors (Lipinski definition) is 3. The quantitative estimate of drug-likeness (QED) is 0.456. The standard InChI is InChI=1S/C7H15N3O2/c1-7(2,3-8)4-10-6(12)5(9)11/h3-4,8H2,1-2H3,(H2,9,11)(H,10,12). The summed E-state index contributed by atoms with van der Waals surface area (Å²) in [4.78, 5) is 21.0. The second-order valence-electron chi connectivity index (χ2n) is 3.42. The molecule has 0 saturated carbocycles. The topological polar surface area (TPSA) is 98.2 Å². The molecule has 0 aliphatic rings. The van der Waals surface area contributed by atoms with Crippen LogP contribution < -0.4 is 16.8 Å². The van der Waals surface area contributed by atoms with Gasteiger partial charge in [0.1, 0.15) is 0 Å². The Balaban J connectivity index is 3.83. The highest BCUT2D eigenvalue weighted by Gasteiger charge is 2.17. The van der Waals surface area contributed by atoms with Crippen LogP contribution in [0.2, 0.25) is 0 Å². The Morgan fingerprint density at radius 3 is 2.25 bits per heavy atom. The SMILES string of the molecule is CC(C)(CN)CNC(=O)C(N)=O. The van der Waals surface area contributed by atoms with Gasteiger partial charge in [0.05, 0.1) is 0 Å². The number of primary amides is 1. The van der Waals surface area contributed by atoms with Gasteiger partial charge in [-0.1, -0.05) is 13.8 Å². The van der Waals surface area contributed by atoms with Crippen molar-refractivity contribution in [3.8, 4) is 0 Å². The van der Waals surface area contributed by atoms with Gasteiger partial charge in [0.15, 0.2) is 0 Å². The van der Waals surface area contributed by atoms with E-state index in [1.165, 1.54) is 0 Å². The van der Waals surface area contributed by atoms with Gasteiger partial charge in [0, 0.05) is 6.54 Å². The van der Waals surface area contributed by atoms with Crippen LogP contribution in [-0.4, -0.2) is 24.9 Å². The second kappa shape index (κ2) is 4.06. The molecule has 0 spiro atoms. The minimum absolute atomic E-state index is 0.203. The van der Waals surface area contributed by atoms with Gasteiger partial charge >= 0.3 is 11.8 Å². The van der Waals surface area contributed by atoms with Crippen molar-refractivity contribution in [2.75, 3.05) is 13.1 Å². The van der Waals surface area contributed by atoms with Crippen molar-refractivity contribution < 1.29 is 9.59 Å². The van der Waals surface area contributed by atoms with Gasteiger partial charge in [-0.15, -0.1) is 0 Å². The lowest BCUT2D eigenvalue weighted by atomic mass is 9.94. The van der Waals surface area contributed by atoms with E-state index in [0.717, 1.165) is 0 Å². The number of carbonyl (C=O) groups excluding carboxylic acids is 2. The van der Waals surface area contributed by atoms with Gasteiger partial charge in [-0.25, -0.2) is 0 Å². The van der Waals surface area contributed by atoms with Crippen LogP contribution in [0, 0.1) is 5.41 Å². The van der Waals surface area contributed by atoms with E-state index in [4.69, 9.17) is 11.5 Å². The molecule has 0 aliphatic heterocycles. The molecule has 0 aromatic rings. The Hall–Kier alpha value is -1.10.